The molecular weight excluding hydrogens is 252 g/mol. The van der Waals surface area contributed by atoms with E-state index in [0.717, 1.165) is 17.0 Å². The second-order valence-electron chi connectivity index (χ2n) is 4.12. The fourth-order valence-corrected chi connectivity index (χ4v) is 2.20. The van der Waals surface area contributed by atoms with E-state index >= 15 is 0 Å². The second-order valence-corrected chi connectivity index (χ2v) is 4.56. The lowest BCUT2D eigenvalue weighted by atomic mass is 10.0. The van der Waals surface area contributed by atoms with Gasteiger partial charge in [0.05, 0.1) is 12.3 Å². The number of benzene rings is 1. The second kappa shape index (κ2) is 4.38. The molecule has 0 saturated carbocycles. The maximum Gasteiger partial charge on any atom is 0.149 e. The Morgan fingerprint density at radius 3 is 3.06 bits per heavy atom. The average molecular weight is 263 g/mol. The molecule has 2 heterocycles. The molecule has 2 N–H and O–H groups in total. The van der Waals surface area contributed by atoms with Crippen molar-refractivity contribution in [1.29, 1.82) is 0 Å². The first kappa shape index (κ1) is 11.2. The van der Waals surface area contributed by atoms with Gasteiger partial charge in [0.2, 0.25) is 0 Å². The quantitative estimate of drug-likeness (QED) is 0.874. The highest BCUT2D eigenvalue weighted by atomic mass is 35.5. The van der Waals surface area contributed by atoms with Crippen LogP contribution in [0.3, 0.4) is 0 Å². The van der Waals surface area contributed by atoms with E-state index in [0.29, 0.717) is 11.4 Å². The molecule has 5 heteroatoms. The summed E-state index contributed by atoms with van der Waals surface area (Å²) in [5, 5.41) is 14.7. The van der Waals surface area contributed by atoms with Crippen LogP contribution < -0.4 is 5.43 Å². The zero-order valence-electron chi connectivity index (χ0n) is 9.43. The number of hydrazone groups is 1. The van der Waals surface area contributed by atoms with Crippen LogP contribution in [0.25, 0.3) is 0 Å². The SMILES string of the molecule is Oc1ccc(Cl)cc1C1CC(c2ccco2)=NN1. The molecule has 1 aliphatic rings. The number of hydrogen-bond donors (Lipinski definition) is 2. The zero-order chi connectivity index (χ0) is 12.5. The van der Waals surface area contributed by atoms with Crippen molar-refractivity contribution in [2.45, 2.75) is 12.5 Å². The lowest BCUT2D eigenvalue weighted by Gasteiger charge is -2.12. The summed E-state index contributed by atoms with van der Waals surface area (Å²) in [6.45, 7) is 0. The van der Waals surface area contributed by atoms with E-state index in [1.165, 1.54) is 0 Å². The molecule has 0 amide bonds. The lowest BCUT2D eigenvalue weighted by molar-refractivity contribution is 0.455. The first-order chi connectivity index (χ1) is 8.74. The monoisotopic (exact) mass is 262 g/mol. The van der Waals surface area contributed by atoms with Crippen molar-refractivity contribution >= 4 is 17.3 Å². The van der Waals surface area contributed by atoms with Crippen LogP contribution in [-0.2, 0) is 0 Å². The number of aromatic hydroxyl groups is 1. The van der Waals surface area contributed by atoms with Gasteiger partial charge >= 0.3 is 0 Å². The molecule has 1 atom stereocenters. The Morgan fingerprint density at radius 1 is 1.39 bits per heavy atom. The summed E-state index contributed by atoms with van der Waals surface area (Å²) in [6.07, 6.45) is 2.27. The number of phenols is 1. The van der Waals surface area contributed by atoms with Gasteiger partial charge in [-0.05, 0) is 30.3 Å². The number of rotatable bonds is 2. The van der Waals surface area contributed by atoms with Gasteiger partial charge in [-0.2, -0.15) is 5.10 Å². The molecule has 4 nitrogen and oxygen atoms in total. The molecule has 2 aromatic rings. The summed E-state index contributed by atoms with van der Waals surface area (Å²) >= 11 is 5.94. The zero-order valence-corrected chi connectivity index (χ0v) is 10.2. The molecule has 1 aromatic carbocycles. The van der Waals surface area contributed by atoms with Gasteiger partial charge in [0, 0.05) is 17.0 Å². The minimum atomic E-state index is -0.0798. The summed E-state index contributed by atoms with van der Waals surface area (Å²) < 4.78 is 5.30. The van der Waals surface area contributed by atoms with Crippen molar-refractivity contribution in [3.8, 4) is 5.75 Å². The highest BCUT2D eigenvalue weighted by molar-refractivity contribution is 6.30. The van der Waals surface area contributed by atoms with Crippen LogP contribution >= 0.6 is 11.6 Å². The maximum atomic E-state index is 9.84. The van der Waals surface area contributed by atoms with Crippen LogP contribution in [-0.4, -0.2) is 10.8 Å². The Morgan fingerprint density at radius 2 is 2.28 bits per heavy atom. The van der Waals surface area contributed by atoms with Crippen LogP contribution in [0, 0.1) is 0 Å². The fraction of sp³-hybridized carbons (Fsp3) is 0.154. The molecule has 0 aliphatic carbocycles. The van der Waals surface area contributed by atoms with Gasteiger partial charge in [-0.15, -0.1) is 0 Å². The van der Waals surface area contributed by atoms with Gasteiger partial charge in [0.1, 0.15) is 17.2 Å². The van der Waals surface area contributed by atoms with Crippen molar-refractivity contribution in [2.75, 3.05) is 0 Å². The highest BCUT2D eigenvalue weighted by Gasteiger charge is 2.24. The van der Waals surface area contributed by atoms with E-state index in [-0.39, 0.29) is 11.8 Å². The fourth-order valence-electron chi connectivity index (χ4n) is 2.02. The maximum absolute atomic E-state index is 9.84. The first-order valence-corrected chi connectivity index (χ1v) is 5.96. The van der Waals surface area contributed by atoms with E-state index < -0.39 is 0 Å². The van der Waals surface area contributed by atoms with Crippen molar-refractivity contribution in [1.82, 2.24) is 5.43 Å². The third-order valence-electron chi connectivity index (χ3n) is 2.92. The topological polar surface area (TPSA) is 57.8 Å². The Balaban J connectivity index is 1.84. The Labute approximate surface area is 109 Å². The average Bonchev–Trinajstić information content (AvgIpc) is 3.00. The number of hydrogen-bond acceptors (Lipinski definition) is 4. The number of phenolic OH excluding ortho intramolecular Hbond substituents is 1. The molecule has 0 spiro atoms. The van der Waals surface area contributed by atoms with Gasteiger partial charge in [-0.1, -0.05) is 11.6 Å². The van der Waals surface area contributed by atoms with E-state index in [1.807, 2.05) is 12.1 Å². The lowest BCUT2D eigenvalue weighted by Crippen LogP contribution is -2.10. The predicted octanol–water partition coefficient (Wildman–Crippen LogP) is 3.08. The minimum absolute atomic E-state index is 0.0798. The van der Waals surface area contributed by atoms with Crippen molar-refractivity contribution in [3.63, 3.8) is 0 Å². The molecular formula is C13H11ClN2O2. The third kappa shape index (κ3) is 1.95. The normalized spacial score (nSPS) is 18.5. The van der Waals surface area contributed by atoms with Crippen LogP contribution in [0.5, 0.6) is 5.75 Å². The van der Waals surface area contributed by atoms with Crippen LogP contribution in [0.4, 0.5) is 0 Å². The smallest absolute Gasteiger partial charge is 0.149 e. The van der Waals surface area contributed by atoms with Crippen molar-refractivity contribution < 1.29 is 9.52 Å². The minimum Gasteiger partial charge on any atom is -0.508 e. The van der Waals surface area contributed by atoms with Crippen molar-refractivity contribution in [2.24, 2.45) is 5.10 Å². The predicted molar refractivity (Wildman–Crippen MR) is 68.9 cm³/mol. The standard InChI is InChI=1S/C13H11ClN2O2/c14-8-3-4-12(17)9(6-8)10-7-11(16-15-10)13-2-1-5-18-13/h1-6,10,15,17H,7H2. The number of halogens is 1. The van der Waals surface area contributed by atoms with Crippen LogP contribution in [0.1, 0.15) is 23.8 Å². The summed E-state index contributed by atoms with van der Waals surface area (Å²) in [5.74, 6) is 0.958. The molecule has 1 aromatic heterocycles. The largest absolute Gasteiger partial charge is 0.508 e. The number of nitrogens with one attached hydrogen (secondary N) is 1. The third-order valence-corrected chi connectivity index (χ3v) is 3.16. The summed E-state index contributed by atoms with van der Waals surface area (Å²) in [4.78, 5) is 0. The van der Waals surface area contributed by atoms with Gasteiger partial charge in [-0.25, -0.2) is 0 Å². The highest BCUT2D eigenvalue weighted by Crippen LogP contribution is 2.32. The molecule has 1 aliphatic heterocycles. The number of nitrogens with zero attached hydrogens (tertiary/aromatic N) is 1. The summed E-state index contributed by atoms with van der Waals surface area (Å²) in [6, 6.07) is 8.59. The summed E-state index contributed by atoms with van der Waals surface area (Å²) in [5.41, 5.74) is 4.57. The van der Waals surface area contributed by atoms with E-state index in [4.69, 9.17) is 16.0 Å². The van der Waals surface area contributed by atoms with E-state index in [2.05, 4.69) is 10.5 Å². The van der Waals surface area contributed by atoms with E-state index in [9.17, 15) is 5.11 Å². The van der Waals surface area contributed by atoms with Gasteiger partial charge < -0.3 is 14.9 Å². The Hall–Kier alpha value is -1.94. The Kier molecular flexibility index (Phi) is 2.72. The van der Waals surface area contributed by atoms with Crippen LogP contribution in [0.2, 0.25) is 5.02 Å². The molecule has 1 unspecified atom stereocenters. The molecule has 92 valence electrons. The molecule has 0 fully saturated rings. The van der Waals surface area contributed by atoms with Gasteiger partial charge in [0.25, 0.3) is 0 Å². The molecule has 0 saturated heterocycles. The Bertz CT molecular complexity index is 593. The molecule has 0 radical (unpaired) electrons. The molecule has 18 heavy (non-hydrogen) atoms. The summed E-state index contributed by atoms with van der Waals surface area (Å²) in [7, 11) is 0. The molecule has 3 rings (SSSR count). The molecule has 0 bridgehead atoms. The van der Waals surface area contributed by atoms with E-state index in [1.54, 1.807) is 24.5 Å². The van der Waals surface area contributed by atoms with Crippen LogP contribution in [0.15, 0.2) is 46.1 Å². The number of furan rings is 1. The first-order valence-electron chi connectivity index (χ1n) is 5.58. The van der Waals surface area contributed by atoms with Gasteiger partial charge in [0.15, 0.2) is 0 Å². The van der Waals surface area contributed by atoms with Crippen molar-refractivity contribution in [3.05, 3.63) is 52.9 Å². The van der Waals surface area contributed by atoms with Gasteiger partial charge in [-0.3, -0.25) is 0 Å².